The highest BCUT2D eigenvalue weighted by atomic mass is 35.5. The van der Waals surface area contributed by atoms with Gasteiger partial charge in [-0.2, -0.15) is 10.2 Å². The van der Waals surface area contributed by atoms with Crippen molar-refractivity contribution in [2.45, 2.75) is 6.54 Å². The van der Waals surface area contributed by atoms with E-state index in [1.807, 2.05) is 12.1 Å². The van der Waals surface area contributed by atoms with Crippen LogP contribution in [0.25, 0.3) is 11.4 Å². The van der Waals surface area contributed by atoms with Crippen LogP contribution in [0.15, 0.2) is 28.8 Å². The zero-order valence-corrected chi connectivity index (χ0v) is 12.8. The van der Waals surface area contributed by atoms with Gasteiger partial charge in [0.05, 0.1) is 19.2 Å². The standard InChI is InChI=1S/C15H16ClN5O/c16-13-3-1-12(2-4-13)15-18-14(22-19-15)11-21-9-7-20(6-5-17)8-10-21/h1-4H,6-11H2. The summed E-state index contributed by atoms with van der Waals surface area (Å²) in [7, 11) is 0. The number of rotatable bonds is 4. The summed E-state index contributed by atoms with van der Waals surface area (Å²) in [4.78, 5) is 8.83. The Kier molecular flexibility index (Phi) is 4.68. The zero-order chi connectivity index (χ0) is 15.4. The Morgan fingerprint density at radius 1 is 1.14 bits per heavy atom. The molecule has 0 spiro atoms. The van der Waals surface area contributed by atoms with Gasteiger partial charge in [-0.15, -0.1) is 0 Å². The number of hydrogen-bond acceptors (Lipinski definition) is 6. The van der Waals surface area contributed by atoms with Gasteiger partial charge in [-0.1, -0.05) is 16.8 Å². The molecule has 1 aliphatic heterocycles. The molecule has 114 valence electrons. The van der Waals surface area contributed by atoms with Crippen LogP contribution in [0.2, 0.25) is 5.02 Å². The molecule has 1 aromatic heterocycles. The molecule has 0 bridgehead atoms. The van der Waals surface area contributed by atoms with Crippen molar-refractivity contribution >= 4 is 11.6 Å². The largest absolute Gasteiger partial charge is 0.338 e. The molecule has 0 N–H and O–H groups in total. The summed E-state index contributed by atoms with van der Waals surface area (Å²) in [5.41, 5.74) is 0.887. The van der Waals surface area contributed by atoms with E-state index in [2.05, 4.69) is 26.0 Å². The van der Waals surface area contributed by atoms with E-state index in [1.165, 1.54) is 0 Å². The summed E-state index contributed by atoms with van der Waals surface area (Å²) in [5.74, 6) is 1.19. The van der Waals surface area contributed by atoms with Crippen LogP contribution in [0.3, 0.4) is 0 Å². The van der Waals surface area contributed by atoms with Crippen LogP contribution in [0, 0.1) is 11.3 Å². The first kappa shape index (κ1) is 15.0. The highest BCUT2D eigenvalue weighted by molar-refractivity contribution is 6.30. The van der Waals surface area contributed by atoms with E-state index >= 15 is 0 Å². The summed E-state index contributed by atoms with van der Waals surface area (Å²) < 4.78 is 5.32. The Bertz CT molecular complexity index is 655. The summed E-state index contributed by atoms with van der Waals surface area (Å²) in [5, 5.41) is 13.4. The summed E-state index contributed by atoms with van der Waals surface area (Å²) in [6, 6.07) is 9.54. The molecule has 3 rings (SSSR count). The molecule has 0 aliphatic carbocycles. The summed E-state index contributed by atoms with van der Waals surface area (Å²) in [6.45, 7) is 4.73. The van der Waals surface area contributed by atoms with Crippen molar-refractivity contribution in [2.75, 3.05) is 32.7 Å². The Morgan fingerprint density at radius 2 is 1.82 bits per heavy atom. The van der Waals surface area contributed by atoms with Crippen LogP contribution in [-0.2, 0) is 6.54 Å². The van der Waals surface area contributed by atoms with Crippen LogP contribution in [0.5, 0.6) is 0 Å². The number of halogens is 1. The van der Waals surface area contributed by atoms with Gasteiger partial charge in [-0.3, -0.25) is 9.80 Å². The maximum Gasteiger partial charge on any atom is 0.241 e. The first-order valence-electron chi connectivity index (χ1n) is 7.15. The Morgan fingerprint density at radius 3 is 2.50 bits per heavy atom. The summed E-state index contributed by atoms with van der Waals surface area (Å²) >= 11 is 5.87. The average Bonchev–Trinajstić information content (AvgIpc) is 2.99. The van der Waals surface area contributed by atoms with E-state index in [9.17, 15) is 0 Å². The van der Waals surface area contributed by atoms with Crippen LogP contribution in [0.1, 0.15) is 5.89 Å². The maximum absolute atomic E-state index is 8.70. The molecule has 0 amide bonds. The van der Waals surface area contributed by atoms with Gasteiger partial charge >= 0.3 is 0 Å². The highest BCUT2D eigenvalue weighted by Gasteiger charge is 2.19. The van der Waals surface area contributed by atoms with Gasteiger partial charge in [0, 0.05) is 36.8 Å². The fourth-order valence-corrected chi connectivity index (χ4v) is 2.56. The third-order valence-electron chi connectivity index (χ3n) is 3.69. The molecule has 1 saturated heterocycles. The Hall–Kier alpha value is -1.94. The molecule has 0 atom stereocenters. The summed E-state index contributed by atoms with van der Waals surface area (Å²) in [6.07, 6.45) is 0. The highest BCUT2D eigenvalue weighted by Crippen LogP contribution is 2.19. The first-order chi connectivity index (χ1) is 10.7. The lowest BCUT2D eigenvalue weighted by molar-refractivity contribution is 0.126. The van der Waals surface area contributed by atoms with Gasteiger partial charge in [0.15, 0.2) is 0 Å². The third-order valence-corrected chi connectivity index (χ3v) is 3.94. The van der Waals surface area contributed by atoms with Crippen LogP contribution >= 0.6 is 11.6 Å². The van der Waals surface area contributed by atoms with Gasteiger partial charge in [-0.25, -0.2) is 0 Å². The number of aromatic nitrogens is 2. The monoisotopic (exact) mass is 317 g/mol. The number of hydrogen-bond donors (Lipinski definition) is 0. The van der Waals surface area contributed by atoms with E-state index in [-0.39, 0.29) is 0 Å². The Balaban J connectivity index is 1.58. The van der Waals surface area contributed by atoms with Crippen molar-refractivity contribution in [3.05, 3.63) is 35.2 Å². The minimum Gasteiger partial charge on any atom is -0.338 e. The number of piperazine rings is 1. The quantitative estimate of drug-likeness (QED) is 0.804. The molecule has 1 aromatic carbocycles. The minimum absolute atomic E-state index is 0.495. The molecule has 7 heteroatoms. The van der Waals surface area contributed by atoms with Gasteiger partial charge in [0.1, 0.15) is 0 Å². The predicted molar refractivity (Wildman–Crippen MR) is 82.1 cm³/mol. The van der Waals surface area contributed by atoms with Crippen molar-refractivity contribution in [1.82, 2.24) is 19.9 Å². The van der Waals surface area contributed by atoms with E-state index in [4.69, 9.17) is 21.4 Å². The second-order valence-corrected chi connectivity index (χ2v) is 5.67. The molecule has 1 fully saturated rings. The molecular weight excluding hydrogens is 302 g/mol. The lowest BCUT2D eigenvalue weighted by Crippen LogP contribution is -2.45. The van der Waals surface area contributed by atoms with Gasteiger partial charge in [0.2, 0.25) is 11.7 Å². The van der Waals surface area contributed by atoms with Crippen molar-refractivity contribution in [2.24, 2.45) is 0 Å². The fraction of sp³-hybridized carbons (Fsp3) is 0.400. The van der Waals surface area contributed by atoms with Gasteiger partial charge < -0.3 is 4.52 Å². The van der Waals surface area contributed by atoms with Crippen molar-refractivity contribution in [3.8, 4) is 17.5 Å². The number of benzene rings is 1. The second kappa shape index (κ2) is 6.88. The van der Waals surface area contributed by atoms with Crippen LogP contribution < -0.4 is 0 Å². The van der Waals surface area contributed by atoms with Crippen molar-refractivity contribution < 1.29 is 4.52 Å². The van der Waals surface area contributed by atoms with Crippen molar-refractivity contribution in [3.63, 3.8) is 0 Å². The minimum atomic E-state index is 0.495. The number of nitrogens with zero attached hydrogens (tertiary/aromatic N) is 5. The lowest BCUT2D eigenvalue weighted by atomic mass is 10.2. The van der Waals surface area contributed by atoms with E-state index in [0.717, 1.165) is 31.7 Å². The maximum atomic E-state index is 8.70. The molecule has 1 aliphatic rings. The molecule has 0 saturated carbocycles. The van der Waals surface area contributed by atoms with Crippen LogP contribution in [-0.4, -0.2) is 52.7 Å². The first-order valence-corrected chi connectivity index (χ1v) is 7.52. The molecule has 22 heavy (non-hydrogen) atoms. The predicted octanol–water partition coefficient (Wildman–Crippen LogP) is 2.03. The average molecular weight is 318 g/mol. The lowest BCUT2D eigenvalue weighted by Gasteiger charge is -2.32. The molecule has 0 radical (unpaired) electrons. The van der Waals surface area contributed by atoms with E-state index < -0.39 is 0 Å². The van der Waals surface area contributed by atoms with Gasteiger partial charge in [-0.05, 0) is 24.3 Å². The van der Waals surface area contributed by atoms with Crippen LogP contribution in [0.4, 0.5) is 0 Å². The third kappa shape index (κ3) is 3.63. The topological polar surface area (TPSA) is 69.2 Å². The van der Waals surface area contributed by atoms with E-state index in [0.29, 0.717) is 29.8 Å². The number of nitriles is 1. The molecular formula is C15H16ClN5O. The SMILES string of the molecule is N#CCN1CCN(Cc2nc(-c3ccc(Cl)cc3)no2)CC1. The Labute approximate surface area is 133 Å². The molecule has 0 unspecified atom stereocenters. The molecule has 2 heterocycles. The van der Waals surface area contributed by atoms with Crippen molar-refractivity contribution in [1.29, 1.82) is 5.26 Å². The van der Waals surface area contributed by atoms with E-state index in [1.54, 1.807) is 12.1 Å². The molecule has 2 aromatic rings. The zero-order valence-electron chi connectivity index (χ0n) is 12.1. The smallest absolute Gasteiger partial charge is 0.241 e. The normalized spacial score (nSPS) is 16.5. The fourth-order valence-electron chi connectivity index (χ4n) is 2.43. The second-order valence-electron chi connectivity index (χ2n) is 5.23. The van der Waals surface area contributed by atoms with Gasteiger partial charge in [0.25, 0.3) is 0 Å². The molecule has 6 nitrogen and oxygen atoms in total.